The highest BCUT2D eigenvalue weighted by atomic mass is 15.1. The third-order valence-corrected chi connectivity index (χ3v) is 2.70. The number of aryl methyl sites for hydroxylation is 1. The molecule has 17 heavy (non-hydrogen) atoms. The quantitative estimate of drug-likeness (QED) is 0.791. The third-order valence-electron chi connectivity index (χ3n) is 2.70. The first-order valence-corrected chi connectivity index (χ1v) is 5.58. The molecule has 0 saturated carbocycles. The Balaban J connectivity index is 2.31. The number of anilines is 3. The highest BCUT2D eigenvalue weighted by Crippen LogP contribution is 2.15. The molecule has 2 rings (SSSR count). The van der Waals surface area contributed by atoms with E-state index in [4.69, 9.17) is 0 Å². The maximum Gasteiger partial charge on any atom is 0.237 e. The van der Waals surface area contributed by atoms with Crippen molar-refractivity contribution in [1.82, 2.24) is 4.98 Å². The molecular formula is C13H17N4+. The lowest BCUT2D eigenvalue weighted by molar-refractivity contribution is -0.666. The smallest absolute Gasteiger partial charge is 0.237 e. The number of rotatable bonds is 3. The van der Waals surface area contributed by atoms with Crippen LogP contribution in [0.15, 0.2) is 36.4 Å². The van der Waals surface area contributed by atoms with Crippen molar-refractivity contribution < 1.29 is 4.57 Å². The summed E-state index contributed by atoms with van der Waals surface area (Å²) in [5.74, 6) is 2.82. The second kappa shape index (κ2) is 4.82. The average molecular weight is 229 g/mol. The predicted octanol–water partition coefficient (Wildman–Crippen LogP) is 2.00. The van der Waals surface area contributed by atoms with Crippen molar-refractivity contribution in [2.24, 2.45) is 7.05 Å². The lowest BCUT2D eigenvalue weighted by Gasteiger charge is -2.07. The number of benzene rings is 1. The SMILES string of the molecule is CNc1cc(Nc2ccccc2)nc(C)[n+]1C. The van der Waals surface area contributed by atoms with Crippen LogP contribution in [0.25, 0.3) is 0 Å². The van der Waals surface area contributed by atoms with E-state index >= 15 is 0 Å². The maximum absolute atomic E-state index is 4.49. The van der Waals surface area contributed by atoms with Gasteiger partial charge in [0, 0.05) is 19.7 Å². The van der Waals surface area contributed by atoms with Gasteiger partial charge in [-0.15, -0.1) is 0 Å². The van der Waals surface area contributed by atoms with Gasteiger partial charge in [-0.2, -0.15) is 0 Å². The average Bonchev–Trinajstić information content (AvgIpc) is 2.35. The van der Waals surface area contributed by atoms with E-state index in [0.717, 1.165) is 23.1 Å². The largest absolute Gasteiger partial charge is 0.326 e. The Kier molecular flexibility index (Phi) is 3.23. The molecule has 1 aromatic heterocycles. The Bertz CT molecular complexity index is 508. The fourth-order valence-electron chi connectivity index (χ4n) is 1.66. The molecule has 0 saturated heterocycles. The second-order valence-corrected chi connectivity index (χ2v) is 3.87. The van der Waals surface area contributed by atoms with Gasteiger partial charge >= 0.3 is 0 Å². The number of hydrogen-bond acceptors (Lipinski definition) is 3. The van der Waals surface area contributed by atoms with Crippen LogP contribution in [0.2, 0.25) is 0 Å². The topological polar surface area (TPSA) is 40.8 Å². The van der Waals surface area contributed by atoms with E-state index in [-0.39, 0.29) is 0 Å². The first-order chi connectivity index (χ1) is 8.20. The van der Waals surface area contributed by atoms with Gasteiger partial charge in [-0.1, -0.05) is 23.2 Å². The van der Waals surface area contributed by atoms with Crippen molar-refractivity contribution in [3.05, 3.63) is 42.2 Å². The standard InChI is InChI=1S/C13H16N4/c1-10-15-12(9-13(14-2)17(10)3)16-11-7-5-4-6-8-11/h4-9H,1-3H3,(H,14,16)/p+1. The van der Waals surface area contributed by atoms with E-state index in [1.54, 1.807) is 0 Å². The summed E-state index contributed by atoms with van der Waals surface area (Å²) in [6.07, 6.45) is 0. The van der Waals surface area contributed by atoms with Gasteiger partial charge in [0.25, 0.3) is 0 Å². The van der Waals surface area contributed by atoms with E-state index < -0.39 is 0 Å². The third kappa shape index (κ3) is 2.53. The molecule has 0 fully saturated rings. The van der Waals surface area contributed by atoms with Crippen LogP contribution in [0.5, 0.6) is 0 Å². The van der Waals surface area contributed by atoms with Crippen molar-refractivity contribution in [1.29, 1.82) is 0 Å². The van der Waals surface area contributed by atoms with Crippen LogP contribution < -0.4 is 15.2 Å². The van der Waals surface area contributed by atoms with Crippen LogP contribution >= 0.6 is 0 Å². The molecule has 2 N–H and O–H groups in total. The van der Waals surface area contributed by atoms with Crippen molar-refractivity contribution in [2.45, 2.75) is 6.92 Å². The lowest BCUT2D eigenvalue weighted by Crippen LogP contribution is -2.36. The number of aromatic nitrogens is 2. The molecular weight excluding hydrogens is 212 g/mol. The minimum atomic E-state index is 0.844. The molecule has 0 amide bonds. The minimum absolute atomic E-state index is 0.844. The molecule has 4 nitrogen and oxygen atoms in total. The van der Waals surface area contributed by atoms with Crippen LogP contribution in [-0.4, -0.2) is 12.0 Å². The number of nitrogens with one attached hydrogen (secondary N) is 2. The molecule has 0 unspecified atom stereocenters. The molecule has 0 bridgehead atoms. The monoisotopic (exact) mass is 229 g/mol. The molecule has 2 aromatic rings. The fraction of sp³-hybridized carbons (Fsp3) is 0.231. The number of nitrogens with zero attached hydrogens (tertiary/aromatic N) is 2. The molecule has 0 spiro atoms. The summed E-state index contributed by atoms with van der Waals surface area (Å²) in [7, 11) is 3.89. The highest BCUT2D eigenvalue weighted by Gasteiger charge is 2.10. The second-order valence-electron chi connectivity index (χ2n) is 3.87. The summed E-state index contributed by atoms with van der Waals surface area (Å²) in [6, 6.07) is 12.0. The molecule has 1 heterocycles. The normalized spacial score (nSPS) is 10.1. The Labute approximate surface area is 101 Å². The molecule has 0 radical (unpaired) electrons. The van der Waals surface area contributed by atoms with Gasteiger partial charge in [0.05, 0.1) is 13.1 Å². The summed E-state index contributed by atoms with van der Waals surface area (Å²) in [5.41, 5.74) is 1.04. The molecule has 0 aliphatic carbocycles. The van der Waals surface area contributed by atoms with Crippen LogP contribution in [0.1, 0.15) is 5.82 Å². The first kappa shape index (κ1) is 11.4. The Hall–Kier alpha value is -2.10. The van der Waals surface area contributed by atoms with Crippen molar-refractivity contribution in [2.75, 3.05) is 17.7 Å². The summed E-state index contributed by atoms with van der Waals surface area (Å²) in [6.45, 7) is 1.98. The highest BCUT2D eigenvalue weighted by molar-refractivity contribution is 5.57. The summed E-state index contributed by atoms with van der Waals surface area (Å²) >= 11 is 0. The van der Waals surface area contributed by atoms with Gasteiger partial charge in [0.1, 0.15) is 0 Å². The molecule has 1 aromatic carbocycles. The molecule has 0 atom stereocenters. The zero-order chi connectivity index (χ0) is 12.3. The van der Waals surface area contributed by atoms with E-state index in [0.29, 0.717) is 0 Å². The number of hydrogen-bond donors (Lipinski definition) is 2. The summed E-state index contributed by atoms with van der Waals surface area (Å²) in [4.78, 5) is 4.49. The maximum atomic E-state index is 4.49. The Morgan fingerprint density at radius 1 is 1.18 bits per heavy atom. The summed E-state index contributed by atoms with van der Waals surface area (Å²) < 4.78 is 2.01. The lowest BCUT2D eigenvalue weighted by atomic mass is 10.3. The molecule has 4 heteroatoms. The van der Waals surface area contributed by atoms with Crippen LogP contribution in [0.3, 0.4) is 0 Å². The van der Waals surface area contributed by atoms with E-state index in [1.165, 1.54) is 0 Å². The van der Waals surface area contributed by atoms with Gasteiger partial charge < -0.3 is 10.6 Å². The zero-order valence-corrected chi connectivity index (χ0v) is 10.4. The van der Waals surface area contributed by atoms with Gasteiger partial charge in [0.2, 0.25) is 17.5 Å². The van der Waals surface area contributed by atoms with E-state index in [1.807, 2.05) is 62.0 Å². The van der Waals surface area contributed by atoms with Crippen molar-refractivity contribution in [3.8, 4) is 0 Å². The van der Waals surface area contributed by atoms with E-state index in [2.05, 4.69) is 15.6 Å². The van der Waals surface area contributed by atoms with Gasteiger partial charge in [-0.25, -0.2) is 4.57 Å². The summed E-state index contributed by atoms with van der Waals surface area (Å²) in [5, 5.41) is 6.43. The fourth-order valence-corrected chi connectivity index (χ4v) is 1.66. The van der Waals surface area contributed by atoms with Gasteiger partial charge in [-0.3, -0.25) is 0 Å². The molecule has 88 valence electrons. The molecule has 0 aliphatic heterocycles. The van der Waals surface area contributed by atoms with Gasteiger partial charge in [0.15, 0.2) is 0 Å². The Morgan fingerprint density at radius 2 is 1.88 bits per heavy atom. The zero-order valence-electron chi connectivity index (χ0n) is 10.4. The van der Waals surface area contributed by atoms with Crippen LogP contribution in [-0.2, 0) is 7.05 Å². The number of para-hydroxylation sites is 1. The first-order valence-electron chi connectivity index (χ1n) is 5.58. The Morgan fingerprint density at radius 3 is 2.53 bits per heavy atom. The van der Waals surface area contributed by atoms with E-state index in [9.17, 15) is 0 Å². The molecule has 0 aliphatic rings. The van der Waals surface area contributed by atoms with Crippen molar-refractivity contribution >= 4 is 17.3 Å². The predicted molar refractivity (Wildman–Crippen MR) is 69.4 cm³/mol. The minimum Gasteiger partial charge on any atom is -0.326 e. The van der Waals surface area contributed by atoms with Crippen LogP contribution in [0, 0.1) is 6.92 Å². The van der Waals surface area contributed by atoms with Crippen LogP contribution in [0.4, 0.5) is 17.3 Å². The van der Waals surface area contributed by atoms with Gasteiger partial charge in [-0.05, 0) is 12.1 Å². The van der Waals surface area contributed by atoms with Crippen molar-refractivity contribution in [3.63, 3.8) is 0 Å².